The molecule has 1 saturated carbocycles. The fraction of sp³-hybridized carbons (Fsp3) is 0.286. The van der Waals surface area contributed by atoms with Gasteiger partial charge in [0.15, 0.2) is 12.0 Å². The number of hydrogen-bond acceptors (Lipinski definition) is 3. The smallest absolute Gasteiger partial charge is 0.173 e. The lowest BCUT2D eigenvalue weighted by atomic mass is 10.0. The Morgan fingerprint density at radius 3 is 2.79 bits per heavy atom. The minimum atomic E-state index is -0.717. The minimum absolute atomic E-state index is 0.137. The number of carbonyl (C=O) groups is 1. The zero-order valence-electron chi connectivity index (χ0n) is 10.0. The lowest BCUT2D eigenvalue weighted by Gasteiger charge is -2.02. The normalized spacial score (nSPS) is 14.6. The monoisotopic (exact) mass is 263 g/mol. The van der Waals surface area contributed by atoms with Crippen LogP contribution in [0.5, 0.6) is 0 Å². The molecule has 0 bridgehead atoms. The van der Waals surface area contributed by atoms with Gasteiger partial charge in [0.1, 0.15) is 17.3 Å². The maximum absolute atomic E-state index is 13.8. The predicted molar refractivity (Wildman–Crippen MR) is 63.7 cm³/mol. The van der Waals surface area contributed by atoms with Gasteiger partial charge in [0.25, 0.3) is 0 Å². The van der Waals surface area contributed by atoms with Crippen molar-refractivity contribution in [1.82, 2.24) is 5.16 Å². The summed E-state index contributed by atoms with van der Waals surface area (Å²) in [5.74, 6) is -0.641. The number of hydrogen-bond donors (Lipinski definition) is 0. The lowest BCUT2D eigenvalue weighted by molar-refractivity contribution is 0.111. The van der Waals surface area contributed by atoms with Crippen LogP contribution in [-0.4, -0.2) is 11.4 Å². The number of aldehydes is 1. The first-order chi connectivity index (χ1) is 9.19. The Morgan fingerprint density at radius 1 is 1.37 bits per heavy atom. The molecule has 0 saturated heterocycles. The van der Waals surface area contributed by atoms with Gasteiger partial charge in [0.05, 0.1) is 5.56 Å². The molecule has 1 aliphatic carbocycles. The Labute approximate surface area is 108 Å². The summed E-state index contributed by atoms with van der Waals surface area (Å²) < 4.78 is 31.8. The second-order valence-electron chi connectivity index (χ2n) is 4.77. The molecule has 1 heterocycles. The molecule has 0 radical (unpaired) electrons. The molecule has 1 fully saturated rings. The van der Waals surface area contributed by atoms with Crippen molar-refractivity contribution in [2.75, 3.05) is 0 Å². The molecule has 0 N–H and O–H groups in total. The molecule has 98 valence electrons. The molecule has 1 aromatic carbocycles. The van der Waals surface area contributed by atoms with E-state index in [1.807, 2.05) is 0 Å². The van der Waals surface area contributed by atoms with Crippen LogP contribution in [0.4, 0.5) is 8.78 Å². The first-order valence-electron chi connectivity index (χ1n) is 6.08. The molecule has 3 nitrogen and oxygen atoms in total. The summed E-state index contributed by atoms with van der Waals surface area (Å²) in [5, 5.41) is 3.65. The number of nitrogens with zero attached hydrogens (tertiary/aromatic N) is 1. The van der Waals surface area contributed by atoms with E-state index in [2.05, 4.69) is 5.16 Å². The molecule has 0 spiro atoms. The van der Waals surface area contributed by atoms with Crippen molar-refractivity contribution in [3.05, 3.63) is 41.1 Å². The van der Waals surface area contributed by atoms with Crippen LogP contribution in [0, 0.1) is 17.6 Å². The third kappa shape index (κ3) is 2.28. The van der Waals surface area contributed by atoms with Gasteiger partial charge in [-0.05, 0) is 37.3 Å². The highest BCUT2D eigenvalue weighted by Gasteiger charge is 2.28. The molecule has 0 amide bonds. The van der Waals surface area contributed by atoms with Crippen molar-refractivity contribution in [3.8, 4) is 11.3 Å². The quantitative estimate of drug-likeness (QED) is 0.794. The van der Waals surface area contributed by atoms with E-state index >= 15 is 0 Å². The summed E-state index contributed by atoms with van der Waals surface area (Å²) >= 11 is 0. The standard InChI is InChI=1S/C14H11F2NO2/c15-9-3-4-10(12(16)6-9)14-11(5-8-1-2-8)13(7-18)17-19-14/h3-4,6-8H,1-2,5H2. The Kier molecular flexibility index (Phi) is 2.89. The van der Waals surface area contributed by atoms with Crippen LogP contribution >= 0.6 is 0 Å². The fourth-order valence-corrected chi connectivity index (χ4v) is 2.11. The maximum Gasteiger partial charge on any atom is 0.173 e. The van der Waals surface area contributed by atoms with Gasteiger partial charge < -0.3 is 4.52 Å². The topological polar surface area (TPSA) is 43.1 Å². The second-order valence-corrected chi connectivity index (χ2v) is 4.77. The van der Waals surface area contributed by atoms with Crippen molar-refractivity contribution < 1.29 is 18.1 Å². The van der Waals surface area contributed by atoms with Gasteiger partial charge >= 0.3 is 0 Å². The number of carbonyl (C=O) groups excluding carboxylic acids is 1. The van der Waals surface area contributed by atoms with E-state index in [0.717, 1.165) is 25.0 Å². The van der Waals surface area contributed by atoms with Crippen LogP contribution < -0.4 is 0 Å². The maximum atomic E-state index is 13.8. The number of benzene rings is 1. The summed E-state index contributed by atoms with van der Waals surface area (Å²) in [5.41, 5.74) is 0.950. The second kappa shape index (κ2) is 4.57. The largest absolute Gasteiger partial charge is 0.355 e. The SMILES string of the molecule is O=Cc1noc(-c2ccc(F)cc2F)c1CC1CC1. The zero-order chi connectivity index (χ0) is 13.4. The highest BCUT2D eigenvalue weighted by Crippen LogP contribution is 2.37. The van der Waals surface area contributed by atoms with Gasteiger partial charge in [0.2, 0.25) is 0 Å². The molecule has 1 aliphatic rings. The first-order valence-corrected chi connectivity index (χ1v) is 6.08. The summed E-state index contributed by atoms with van der Waals surface area (Å²) in [7, 11) is 0. The molecular formula is C14H11F2NO2. The highest BCUT2D eigenvalue weighted by atomic mass is 19.1. The Bertz CT molecular complexity index is 632. The van der Waals surface area contributed by atoms with Gasteiger partial charge in [0, 0.05) is 11.6 Å². The summed E-state index contributed by atoms with van der Waals surface area (Å²) in [6, 6.07) is 3.25. The molecule has 5 heteroatoms. The molecule has 0 unspecified atom stereocenters. The average molecular weight is 263 g/mol. The van der Waals surface area contributed by atoms with Gasteiger partial charge in [-0.25, -0.2) is 8.78 Å². The van der Waals surface area contributed by atoms with E-state index in [1.54, 1.807) is 0 Å². The van der Waals surface area contributed by atoms with Crippen molar-refractivity contribution in [2.45, 2.75) is 19.3 Å². The predicted octanol–water partition coefficient (Wildman–Crippen LogP) is 3.38. The Balaban J connectivity index is 2.07. The van der Waals surface area contributed by atoms with Crippen molar-refractivity contribution >= 4 is 6.29 Å². The highest BCUT2D eigenvalue weighted by molar-refractivity contribution is 5.78. The number of halogens is 2. The third-order valence-electron chi connectivity index (χ3n) is 3.30. The molecule has 0 aliphatic heterocycles. The lowest BCUT2D eigenvalue weighted by Crippen LogP contribution is -1.95. The van der Waals surface area contributed by atoms with Gasteiger partial charge in [-0.2, -0.15) is 0 Å². The minimum Gasteiger partial charge on any atom is -0.355 e. The van der Waals surface area contributed by atoms with Crippen LogP contribution in [0.15, 0.2) is 22.7 Å². The van der Waals surface area contributed by atoms with Crippen molar-refractivity contribution in [2.24, 2.45) is 5.92 Å². The number of aromatic nitrogens is 1. The van der Waals surface area contributed by atoms with E-state index in [1.165, 1.54) is 6.07 Å². The molecule has 2 aromatic rings. The van der Waals surface area contributed by atoms with E-state index in [4.69, 9.17) is 4.52 Å². The average Bonchev–Trinajstić information content (AvgIpc) is 3.10. The number of rotatable bonds is 4. The van der Waals surface area contributed by atoms with Crippen LogP contribution in [-0.2, 0) is 6.42 Å². The van der Waals surface area contributed by atoms with E-state index in [0.29, 0.717) is 24.2 Å². The van der Waals surface area contributed by atoms with Crippen LogP contribution in [0.25, 0.3) is 11.3 Å². The van der Waals surface area contributed by atoms with Gasteiger partial charge in [-0.3, -0.25) is 4.79 Å². The van der Waals surface area contributed by atoms with Crippen LogP contribution in [0.2, 0.25) is 0 Å². The summed E-state index contributed by atoms with van der Waals surface area (Å²) in [6.45, 7) is 0. The first kappa shape index (κ1) is 12.0. The van der Waals surface area contributed by atoms with E-state index in [-0.39, 0.29) is 17.0 Å². The molecule has 0 atom stereocenters. The summed E-state index contributed by atoms with van der Waals surface area (Å²) in [4.78, 5) is 10.9. The van der Waals surface area contributed by atoms with Crippen LogP contribution in [0.3, 0.4) is 0 Å². The Hall–Kier alpha value is -2.04. The summed E-state index contributed by atoms with van der Waals surface area (Å²) in [6.07, 6.45) is 3.43. The molecule has 19 heavy (non-hydrogen) atoms. The van der Waals surface area contributed by atoms with E-state index in [9.17, 15) is 13.6 Å². The molecular weight excluding hydrogens is 252 g/mol. The third-order valence-corrected chi connectivity index (χ3v) is 3.30. The molecule has 1 aromatic heterocycles. The Morgan fingerprint density at radius 2 is 2.16 bits per heavy atom. The van der Waals surface area contributed by atoms with Crippen molar-refractivity contribution in [3.63, 3.8) is 0 Å². The van der Waals surface area contributed by atoms with Gasteiger partial charge in [-0.1, -0.05) is 5.16 Å². The van der Waals surface area contributed by atoms with Gasteiger partial charge in [-0.15, -0.1) is 0 Å². The fourth-order valence-electron chi connectivity index (χ4n) is 2.11. The molecule has 3 rings (SSSR count). The van der Waals surface area contributed by atoms with E-state index < -0.39 is 11.6 Å². The zero-order valence-corrected chi connectivity index (χ0v) is 10.0. The van der Waals surface area contributed by atoms with Crippen molar-refractivity contribution in [1.29, 1.82) is 0 Å². The van der Waals surface area contributed by atoms with Crippen LogP contribution in [0.1, 0.15) is 28.9 Å².